The van der Waals surface area contributed by atoms with E-state index in [4.69, 9.17) is 11.6 Å². The second kappa shape index (κ2) is 6.41. The standard InChI is InChI=1S/C15H13ClN8S/c1-9-7-10(2)23-14(17-9)19-20-15(23)25-8-13-18-21-22-24(13)12-5-3-11(16)4-6-12/h3-7H,8H2,1-2H3. The van der Waals surface area contributed by atoms with Crippen molar-refractivity contribution < 1.29 is 0 Å². The number of hydrogen-bond donors (Lipinski definition) is 0. The molecule has 0 saturated carbocycles. The molecule has 0 aliphatic rings. The molecule has 4 rings (SSSR count). The molecule has 0 fully saturated rings. The molecule has 8 nitrogen and oxygen atoms in total. The predicted molar refractivity (Wildman–Crippen MR) is 94.0 cm³/mol. The van der Waals surface area contributed by atoms with Gasteiger partial charge >= 0.3 is 0 Å². The smallest absolute Gasteiger partial charge is 0.256 e. The molecule has 0 N–H and O–H groups in total. The van der Waals surface area contributed by atoms with E-state index in [1.807, 2.05) is 36.4 Å². The third-order valence-electron chi connectivity index (χ3n) is 3.60. The zero-order valence-corrected chi connectivity index (χ0v) is 15.0. The van der Waals surface area contributed by atoms with E-state index in [2.05, 4.69) is 30.7 Å². The molecule has 126 valence electrons. The first kappa shape index (κ1) is 16.0. The molecule has 3 aromatic heterocycles. The van der Waals surface area contributed by atoms with Gasteiger partial charge in [-0.05, 0) is 54.6 Å². The molecule has 10 heteroatoms. The fourth-order valence-corrected chi connectivity index (χ4v) is 3.52. The first-order chi connectivity index (χ1) is 12.1. The lowest BCUT2D eigenvalue weighted by Crippen LogP contribution is -2.03. The van der Waals surface area contributed by atoms with Crippen molar-refractivity contribution in [2.45, 2.75) is 24.8 Å². The Morgan fingerprint density at radius 2 is 1.88 bits per heavy atom. The average molecular weight is 373 g/mol. The van der Waals surface area contributed by atoms with E-state index in [-0.39, 0.29) is 0 Å². The van der Waals surface area contributed by atoms with Gasteiger partial charge in [0.25, 0.3) is 5.78 Å². The van der Waals surface area contributed by atoms with Crippen LogP contribution in [0.25, 0.3) is 11.5 Å². The molecule has 4 aromatic rings. The third kappa shape index (κ3) is 3.08. The van der Waals surface area contributed by atoms with Crippen LogP contribution in [-0.4, -0.2) is 39.8 Å². The van der Waals surface area contributed by atoms with Crippen LogP contribution in [0.3, 0.4) is 0 Å². The van der Waals surface area contributed by atoms with Gasteiger partial charge in [-0.25, -0.2) is 4.98 Å². The lowest BCUT2D eigenvalue weighted by atomic mass is 10.3. The second-order valence-corrected chi connectivity index (χ2v) is 6.81. The Balaban J connectivity index is 1.61. The summed E-state index contributed by atoms with van der Waals surface area (Å²) >= 11 is 7.44. The molecule has 0 bridgehead atoms. The molecule has 0 spiro atoms. The Morgan fingerprint density at radius 1 is 1.08 bits per heavy atom. The van der Waals surface area contributed by atoms with Crippen molar-refractivity contribution >= 4 is 29.1 Å². The molecule has 0 unspecified atom stereocenters. The summed E-state index contributed by atoms with van der Waals surface area (Å²) in [4.78, 5) is 4.39. The van der Waals surface area contributed by atoms with Gasteiger partial charge in [-0.3, -0.25) is 4.40 Å². The Morgan fingerprint density at radius 3 is 2.68 bits per heavy atom. The van der Waals surface area contributed by atoms with Crippen molar-refractivity contribution in [2.24, 2.45) is 0 Å². The number of benzene rings is 1. The van der Waals surface area contributed by atoms with Gasteiger partial charge in [0.1, 0.15) is 0 Å². The Hall–Kier alpha value is -2.52. The average Bonchev–Trinajstić information content (AvgIpc) is 3.20. The number of fused-ring (bicyclic) bond motifs is 1. The van der Waals surface area contributed by atoms with E-state index < -0.39 is 0 Å². The van der Waals surface area contributed by atoms with Crippen molar-refractivity contribution in [3.05, 3.63) is 52.6 Å². The van der Waals surface area contributed by atoms with Gasteiger partial charge in [-0.15, -0.1) is 15.3 Å². The SMILES string of the molecule is Cc1cc(C)n2c(SCc3nnnn3-c3ccc(Cl)cc3)nnc2n1. The van der Waals surface area contributed by atoms with Crippen molar-refractivity contribution in [1.29, 1.82) is 0 Å². The fourth-order valence-electron chi connectivity index (χ4n) is 2.50. The van der Waals surface area contributed by atoms with E-state index in [1.54, 1.807) is 16.8 Å². The highest BCUT2D eigenvalue weighted by Crippen LogP contribution is 2.23. The maximum Gasteiger partial charge on any atom is 0.256 e. The van der Waals surface area contributed by atoms with Gasteiger partial charge in [0.15, 0.2) is 11.0 Å². The normalized spacial score (nSPS) is 11.3. The lowest BCUT2D eigenvalue weighted by molar-refractivity contribution is 0.777. The highest BCUT2D eigenvalue weighted by molar-refractivity contribution is 7.98. The summed E-state index contributed by atoms with van der Waals surface area (Å²) in [6.07, 6.45) is 0. The van der Waals surface area contributed by atoms with Crippen molar-refractivity contribution in [3.8, 4) is 5.69 Å². The summed E-state index contributed by atoms with van der Waals surface area (Å²) < 4.78 is 3.61. The van der Waals surface area contributed by atoms with Crippen LogP contribution in [0, 0.1) is 13.8 Å². The largest absolute Gasteiger partial charge is 0.259 e. The van der Waals surface area contributed by atoms with Crippen LogP contribution in [0.5, 0.6) is 0 Å². The molecule has 0 aliphatic heterocycles. The van der Waals surface area contributed by atoms with E-state index in [0.717, 1.165) is 22.2 Å². The number of nitrogens with zero attached hydrogens (tertiary/aromatic N) is 8. The van der Waals surface area contributed by atoms with Crippen molar-refractivity contribution in [3.63, 3.8) is 0 Å². The number of tetrazole rings is 1. The van der Waals surface area contributed by atoms with Gasteiger partial charge < -0.3 is 0 Å². The Kier molecular flexibility index (Phi) is 4.10. The molecule has 0 saturated heterocycles. The maximum atomic E-state index is 5.93. The van der Waals surface area contributed by atoms with E-state index in [9.17, 15) is 0 Å². The molecule has 3 heterocycles. The van der Waals surface area contributed by atoms with Gasteiger partial charge in [0.2, 0.25) is 0 Å². The zero-order valence-electron chi connectivity index (χ0n) is 13.5. The van der Waals surface area contributed by atoms with Gasteiger partial charge in [-0.2, -0.15) is 4.68 Å². The van der Waals surface area contributed by atoms with Gasteiger partial charge in [0.05, 0.1) is 11.4 Å². The first-order valence-electron chi connectivity index (χ1n) is 7.47. The molecular formula is C15H13ClN8S. The highest BCUT2D eigenvalue weighted by atomic mass is 35.5. The van der Waals surface area contributed by atoms with Crippen LogP contribution >= 0.6 is 23.4 Å². The summed E-state index contributed by atoms with van der Waals surface area (Å²) in [5, 5.41) is 21.7. The molecule has 25 heavy (non-hydrogen) atoms. The number of aromatic nitrogens is 8. The van der Waals surface area contributed by atoms with Crippen molar-refractivity contribution in [2.75, 3.05) is 0 Å². The monoisotopic (exact) mass is 372 g/mol. The van der Waals surface area contributed by atoms with Crippen molar-refractivity contribution in [1.82, 2.24) is 39.8 Å². The lowest BCUT2D eigenvalue weighted by Gasteiger charge is -2.05. The van der Waals surface area contributed by atoms with E-state index in [1.165, 1.54) is 11.8 Å². The minimum absolute atomic E-state index is 0.545. The molecular weight excluding hydrogens is 360 g/mol. The molecule has 1 aromatic carbocycles. The summed E-state index contributed by atoms with van der Waals surface area (Å²) in [6.45, 7) is 3.95. The fraction of sp³-hybridized carbons (Fsp3) is 0.200. The minimum Gasteiger partial charge on any atom is -0.259 e. The Bertz CT molecular complexity index is 1040. The molecule has 0 aliphatic carbocycles. The summed E-state index contributed by atoms with van der Waals surface area (Å²) in [7, 11) is 0. The summed E-state index contributed by atoms with van der Waals surface area (Å²) in [5.41, 5.74) is 2.80. The number of rotatable bonds is 4. The quantitative estimate of drug-likeness (QED) is 0.509. The molecule has 0 amide bonds. The number of thioether (sulfide) groups is 1. The minimum atomic E-state index is 0.545. The number of hydrogen-bond acceptors (Lipinski definition) is 7. The maximum absolute atomic E-state index is 5.93. The first-order valence-corrected chi connectivity index (χ1v) is 8.83. The van der Waals surface area contributed by atoms with Crippen LogP contribution in [0.2, 0.25) is 5.02 Å². The predicted octanol–water partition coefficient (Wildman–Crippen LogP) is 2.66. The zero-order chi connectivity index (χ0) is 17.4. The highest BCUT2D eigenvalue weighted by Gasteiger charge is 2.14. The van der Waals surface area contributed by atoms with Gasteiger partial charge in [0, 0.05) is 16.4 Å². The van der Waals surface area contributed by atoms with Crippen LogP contribution < -0.4 is 0 Å². The summed E-state index contributed by atoms with van der Waals surface area (Å²) in [6, 6.07) is 9.35. The summed E-state index contributed by atoms with van der Waals surface area (Å²) in [5.74, 6) is 1.85. The molecule has 0 atom stereocenters. The van der Waals surface area contributed by atoms with Crippen LogP contribution in [0.1, 0.15) is 17.2 Å². The van der Waals surface area contributed by atoms with E-state index >= 15 is 0 Å². The number of halogens is 1. The third-order valence-corrected chi connectivity index (χ3v) is 4.78. The topological polar surface area (TPSA) is 86.7 Å². The van der Waals surface area contributed by atoms with E-state index in [0.29, 0.717) is 22.4 Å². The number of aryl methyl sites for hydroxylation is 2. The Labute approximate surface area is 152 Å². The van der Waals surface area contributed by atoms with Crippen LogP contribution in [0.15, 0.2) is 35.5 Å². The molecule has 0 radical (unpaired) electrons. The second-order valence-electron chi connectivity index (χ2n) is 5.43. The van der Waals surface area contributed by atoms with Crippen LogP contribution in [-0.2, 0) is 5.75 Å². The van der Waals surface area contributed by atoms with Gasteiger partial charge in [-0.1, -0.05) is 23.4 Å². The van der Waals surface area contributed by atoms with Crippen LogP contribution in [0.4, 0.5) is 0 Å².